The zero-order valence-electron chi connectivity index (χ0n) is 14.5. The molecule has 6 heteroatoms. The second-order valence-corrected chi connectivity index (χ2v) is 6.44. The Bertz CT molecular complexity index is 864. The SMILES string of the molecule is COC(=O)C1=C(C)N(Cc2ccccc2)C(=O)NC1c1cccc(Cl)c1. The molecule has 0 saturated heterocycles. The lowest BCUT2D eigenvalue weighted by molar-refractivity contribution is -0.136. The van der Waals surface area contributed by atoms with Gasteiger partial charge in [-0.1, -0.05) is 54.1 Å². The number of hydrogen-bond acceptors (Lipinski definition) is 3. The molecule has 2 amide bonds. The van der Waals surface area contributed by atoms with Crippen LogP contribution >= 0.6 is 11.6 Å². The minimum absolute atomic E-state index is 0.274. The Kier molecular flexibility index (Phi) is 5.28. The summed E-state index contributed by atoms with van der Waals surface area (Å²) >= 11 is 6.08. The van der Waals surface area contributed by atoms with Crippen molar-refractivity contribution in [2.24, 2.45) is 0 Å². The van der Waals surface area contributed by atoms with Crippen molar-refractivity contribution < 1.29 is 14.3 Å². The van der Waals surface area contributed by atoms with Crippen molar-refractivity contribution >= 4 is 23.6 Å². The van der Waals surface area contributed by atoms with Crippen LogP contribution in [0, 0.1) is 0 Å². The monoisotopic (exact) mass is 370 g/mol. The van der Waals surface area contributed by atoms with Crippen molar-refractivity contribution in [3.8, 4) is 0 Å². The molecule has 0 bridgehead atoms. The maximum absolute atomic E-state index is 12.7. The van der Waals surface area contributed by atoms with Gasteiger partial charge in [0.2, 0.25) is 0 Å². The minimum atomic E-state index is -0.610. The molecule has 1 aliphatic rings. The van der Waals surface area contributed by atoms with E-state index < -0.39 is 12.0 Å². The fourth-order valence-corrected chi connectivity index (χ4v) is 3.25. The number of nitrogens with one attached hydrogen (secondary N) is 1. The van der Waals surface area contributed by atoms with Gasteiger partial charge in [-0.05, 0) is 30.2 Å². The fourth-order valence-electron chi connectivity index (χ4n) is 3.05. The third kappa shape index (κ3) is 3.58. The summed E-state index contributed by atoms with van der Waals surface area (Å²) in [7, 11) is 1.33. The number of ether oxygens (including phenoxy) is 1. The highest BCUT2D eigenvalue weighted by molar-refractivity contribution is 6.30. The summed E-state index contributed by atoms with van der Waals surface area (Å²) in [5, 5.41) is 3.43. The Morgan fingerprint density at radius 1 is 1.19 bits per heavy atom. The number of halogens is 1. The fraction of sp³-hybridized carbons (Fsp3) is 0.200. The molecule has 0 aliphatic carbocycles. The van der Waals surface area contributed by atoms with Crippen molar-refractivity contribution in [2.45, 2.75) is 19.5 Å². The van der Waals surface area contributed by atoms with Gasteiger partial charge >= 0.3 is 12.0 Å². The van der Waals surface area contributed by atoms with E-state index >= 15 is 0 Å². The van der Waals surface area contributed by atoms with Crippen LogP contribution in [-0.2, 0) is 16.1 Å². The minimum Gasteiger partial charge on any atom is -0.466 e. The van der Waals surface area contributed by atoms with Gasteiger partial charge in [-0.3, -0.25) is 4.90 Å². The maximum Gasteiger partial charge on any atom is 0.337 e. The van der Waals surface area contributed by atoms with E-state index in [4.69, 9.17) is 16.3 Å². The molecule has 0 saturated carbocycles. The van der Waals surface area contributed by atoms with Crippen molar-refractivity contribution in [2.75, 3.05) is 7.11 Å². The first-order chi connectivity index (χ1) is 12.5. The lowest BCUT2D eigenvalue weighted by Crippen LogP contribution is -2.47. The normalized spacial score (nSPS) is 17.1. The predicted octanol–water partition coefficient (Wildman–Crippen LogP) is 4.05. The van der Waals surface area contributed by atoms with Crippen molar-refractivity contribution in [3.63, 3.8) is 0 Å². The zero-order chi connectivity index (χ0) is 18.7. The molecular formula is C20H19ClN2O3. The van der Waals surface area contributed by atoms with Crippen molar-refractivity contribution in [1.82, 2.24) is 10.2 Å². The summed E-state index contributed by atoms with van der Waals surface area (Å²) in [4.78, 5) is 26.7. The van der Waals surface area contributed by atoms with Crippen LogP contribution in [0.1, 0.15) is 24.1 Å². The van der Waals surface area contributed by atoms with Crippen LogP contribution in [-0.4, -0.2) is 24.0 Å². The van der Waals surface area contributed by atoms with E-state index in [1.165, 1.54) is 7.11 Å². The van der Waals surface area contributed by atoms with Gasteiger partial charge in [0.1, 0.15) is 0 Å². The highest BCUT2D eigenvalue weighted by atomic mass is 35.5. The number of hydrogen-bond donors (Lipinski definition) is 1. The predicted molar refractivity (Wildman–Crippen MR) is 99.4 cm³/mol. The van der Waals surface area contributed by atoms with Gasteiger partial charge in [0.05, 0.1) is 25.3 Å². The van der Waals surface area contributed by atoms with Crippen LogP contribution in [0.5, 0.6) is 0 Å². The number of urea groups is 1. The van der Waals surface area contributed by atoms with Gasteiger partial charge < -0.3 is 10.1 Å². The lowest BCUT2D eigenvalue weighted by Gasteiger charge is -2.35. The first-order valence-corrected chi connectivity index (χ1v) is 8.55. The van der Waals surface area contributed by atoms with Crippen LogP contribution in [0.4, 0.5) is 4.79 Å². The molecule has 0 spiro atoms. The van der Waals surface area contributed by atoms with Gasteiger partial charge in [-0.2, -0.15) is 0 Å². The number of benzene rings is 2. The summed E-state index contributed by atoms with van der Waals surface area (Å²) < 4.78 is 4.97. The summed E-state index contributed by atoms with van der Waals surface area (Å²) in [5.41, 5.74) is 2.65. The lowest BCUT2D eigenvalue weighted by atomic mass is 9.94. The van der Waals surface area contributed by atoms with Crippen LogP contribution < -0.4 is 5.32 Å². The molecule has 134 valence electrons. The van der Waals surface area contributed by atoms with Gasteiger partial charge in [0.25, 0.3) is 0 Å². The van der Waals surface area contributed by atoms with Gasteiger partial charge in [-0.15, -0.1) is 0 Å². The molecule has 1 aliphatic heterocycles. The highest BCUT2D eigenvalue weighted by Crippen LogP contribution is 2.32. The number of esters is 1. The second-order valence-electron chi connectivity index (χ2n) is 6.00. The van der Waals surface area contributed by atoms with E-state index in [0.29, 0.717) is 22.8 Å². The molecule has 0 aromatic heterocycles. The van der Waals surface area contributed by atoms with Crippen LogP contribution in [0.2, 0.25) is 5.02 Å². The number of carbonyl (C=O) groups excluding carboxylic acids is 2. The first-order valence-electron chi connectivity index (χ1n) is 8.17. The molecule has 1 N–H and O–H groups in total. The summed E-state index contributed by atoms with van der Waals surface area (Å²) in [5.74, 6) is -0.481. The van der Waals surface area contributed by atoms with E-state index in [2.05, 4.69) is 5.32 Å². The number of rotatable bonds is 4. The Labute approximate surface area is 157 Å². The van der Waals surface area contributed by atoms with Gasteiger partial charge in [0.15, 0.2) is 0 Å². The largest absolute Gasteiger partial charge is 0.466 e. The molecule has 26 heavy (non-hydrogen) atoms. The van der Waals surface area contributed by atoms with E-state index in [-0.39, 0.29) is 6.03 Å². The first kappa shape index (κ1) is 18.0. The maximum atomic E-state index is 12.7. The van der Waals surface area contributed by atoms with E-state index in [1.54, 1.807) is 30.0 Å². The van der Waals surface area contributed by atoms with Crippen molar-refractivity contribution in [3.05, 3.63) is 82.0 Å². The Morgan fingerprint density at radius 2 is 1.92 bits per heavy atom. The Hall–Kier alpha value is -2.79. The Morgan fingerprint density at radius 3 is 2.58 bits per heavy atom. The molecule has 1 heterocycles. The molecule has 0 fully saturated rings. The third-order valence-corrected chi connectivity index (χ3v) is 4.60. The number of nitrogens with zero attached hydrogens (tertiary/aromatic N) is 1. The van der Waals surface area contributed by atoms with Gasteiger partial charge in [-0.25, -0.2) is 9.59 Å². The van der Waals surface area contributed by atoms with Gasteiger partial charge in [0, 0.05) is 10.7 Å². The molecule has 1 unspecified atom stereocenters. The highest BCUT2D eigenvalue weighted by Gasteiger charge is 2.36. The summed E-state index contributed by atoms with van der Waals surface area (Å²) in [6.45, 7) is 2.12. The van der Waals surface area contributed by atoms with Crippen LogP contribution in [0.15, 0.2) is 65.9 Å². The number of methoxy groups -OCH3 is 1. The molecule has 1 atom stereocenters. The third-order valence-electron chi connectivity index (χ3n) is 4.37. The smallest absolute Gasteiger partial charge is 0.337 e. The molecule has 3 rings (SSSR count). The van der Waals surface area contributed by atoms with Crippen molar-refractivity contribution in [1.29, 1.82) is 0 Å². The molecule has 2 aromatic rings. The average molecular weight is 371 g/mol. The molecular weight excluding hydrogens is 352 g/mol. The number of amides is 2. The molecule has 5 nitrogen and oxygen atoms in total. The topological polar surface area (TPSA) is 58.6 Å². The quantitative estimate of drug-likeness (QED) is 0.826. The summed E-state index contributed by atoms with van der Waals surface area (Å²) in [6.07, 6.45) is 0. The van der Waals surface area contributed by atoms with E-state index in [0.717, 1.165) is 11.1 Å². The van der Waals surface area contributed by atoms with E-state index in [9.17, 15) is 9.59 Å². The number of carbonyl (C=O) groups is 2. The van der Waals surface area contributed by atoms with Crippen LogP contribution in [0.25, 0.3) is 0 Å². The van der Waals surface area contributed by atoms with Crippen LogP contribution in [0.3, 0.4) is 0 Å². The second kappa shape index (κ2) is 7.62. The average Bonchev–Trinajstić information content (AvgIpc) is 2.65. The summed E-state index contributed by atoms with van der Waals surface area (Å²) in [6, 6.07) is 15.8. The number of allylic oxidation sites excluding steroid dienone is 1. The molecule has 2 aromatic carbocycles. The standard InChI is InChI=1S/C20H19ClN2O3/c1-13-17(19(24)26-2)18(15-9-6-10-16(21)11-15)22-20(25)23(13)12-14-7-4-3-5-8-14/h3-11,18H,12H2,1-2H3,(H,22,25). The van der Waals surface area contributed by atoms with E-state index in [1.807, 2.05) is 36.4 Å². The molecule has 0 radical (unpaired) electrons. The Balaban J connectivity index is 2.03. The zero-order valence-corrected chi connectivity index (χ0v) is 15.3.